The quantitative estimate of drug-likeness (QED) is 0.364. The van der Waals surface area contributed by atoms with Crippen LogP contribution in [0.25, 0.3) is 0 Å². The number of thiazole rings is 1. The van der Waals surface area contributed by atoms with Gasteiger partial charge in [0, 0.05) is 12.6 Å². The van der Waals surface area contributed by atoms with Crippen LogP contribution in [-0.4, -0.2) is 53.6 Å². The second-order valence-electron chi connectivity index (χ2n) is 10.3. The Balaban J connectivity index is 1.47. The van der Waals surface area contributed by atoms with Gasteiger partial charge in [0.05, 0.1) is 32.4 Å². The highest BCUT2D eigenvalue weighted by Gasteiger charge is 2.33. The van der Waals surface area contributed by atoms with Crippen molar-refractivity contribution in [3.63, 3.8) is 0 Å². The number of anilines is 3. The van der Waals surface area contributed by atoms with Gasteiger partial charge in [-0.3, -0.25) is 9.59 Å². The minimum atomic E-state index is -0.377. The minimum absolute atomic E-state index is 0.0615. The summed E-state index contributed by atoms with van der Waals surface area (Å²) in [4.78, 5) is 42.0. The van der Waals surface area contributed by atoms with E-state index in [1.807, 2.05) is 0 Å². The van der Waals surface area contributed by atoms with Crippen LogP contribution >= 0.6 is 11.3 Å². The van der Waals surface area contributed by atoms with E-state index in [-0.39, 0.29) is 41.3 Å². The number of nitriles is 1. The Labute approximate surface area is 242 Å². The van der Waals surface area contributed by atoms with Gasteiger partial charge in [-0.25, -0.2) is 9.97 Å². The highest BCUT2D eigenvalue weighted by Crippen LogP contribution is 2.38. The lowest BCUT2D eigenvalue weighted by Crippen LogP contribution is -2.39. The third-order valence-corrected chi connectivity index (χ3v) is 8.50. The van der Waals surface area contributed by atoms with E-state index < -0.39 is 0 Å². The summed E-state index contributed by atoms with van der Waals surface area (Å²) < 4.78 is 10.6. The number of methoxy groups -OCH3 is 2. The molecule has 1 atom stereocenters. The molecule has 1 saturated heterocycles. The highest BCUT2D eigenvalue weighted by atomic mass is 32.1. The third-order valence-electron chi connectivity index (χ3n) is 7.68. The van der Waals surface area contributed by atoms with Crippen molar-refractivity contribution in [3.05, 3.63) is 52.2 Å². The predicted molar refractivity (Wildman–Crippen MR) is 154 cm³/mol. The molecule has 3 aromatic rings. The maximum absolute atomic E-state index is 13.7. The molecule has 2 aliphatic rings. The van der Waals surface area contributed by atoms with Crippen LogP contribution in [0.5, 0.6) is 5.75 Å². The topological polar surface area (TPSA) is 142 Å². The van der Waals surface area contributed by atoms with Crippen molar-refractivity contribution in [2.75, 3.05) is 31.0 Å². The van der Waals surface area contributed by atoms with Gasteiger partial charge in [-0.1, -0.05) is 41.2 Å². The summed E-state index contributed by atoms with van der Waals surface area (Å²) >= 11 is 1.18. The molecule has 214 valence electrons. The smallest absolute Gasteiger partial charge is 0.308 e. The van der Waals surface area contributed by atoms with Crippen molar-refractivity contribution in [3.8, 4) is 11.8 Å². The Morgan fingerprint density at radius 2 is 1.85 bits per heavy atom. The summed E-state index contributed by atoms with van der Waals surface area (Å²) in [6, 6.07) is 10.5. The molecular weight excluding hydrogens is 542 g/mol. The fraction of sp³-hybridized carbons (Fsp3) is 0.448. The molecule has 3 heterocycles. The summed E-state index contributed by atoms with van der Waals surface area (Å²) in [5.41, 5.74) is 2.46. The van der Waals surface area contributed by atoms with E-state index in [4.69, 9.17) is 19.4 Å². The van der Waals surface area contributed by atoms with Gasteiger partial charge < -0.3 is 25.0 Å². The molecule has 5 rings (SSSR count). The monoisotopic (exact) mass is 575 g/mol. The predicted octanol–water partition coefficient (Wildman–Crippen LogP) is 4.67. The number of hydrogen-bond donors (Lipinski definition) is 2. The van der Waals surface area contributed by atoms with Crippen LogP contribution in [0.15, 0.2) is 30.5 Å². The van der Waals surface area contributed by atoms with Gasteiger partial charge in [-0.2, -0.15) is 10.2 Å². The molecule has 0 spiro atoms. The van der Waals surface area contributed by atoms with Crippen molar-refractivity contribution < 1.29 is 19.1 Å². The number of hydrogen-bond acceptors (Lipinski definition) is 11. The van der Waals surface area contributed by atoms with Crippen molar-refractivity contribution in [1.82, 2.24) is 20.3 Å². The zero-order valence-corrected chi connectivity index (χ0v) is 24.2. The average Bonchev–Trinajstić information content (AvgIpc) is 3.67. The van der Waals surface area contributed by atoms with Crippen LogP contribution in [0.2, 0.25) is 0 Å². The summed E-state index contributed by atoms with van der Waals surface area (Å²) in [6.45, 7) is 2.79. The Kier molecular flexibility index (Phi) is 8.64. The molecule has 11 nitrogen and oxygen atoms in total. The maximum atomic E-state index is 13.7. The second-order valence-corrected chi connectivity index (χ2v) is 11.4. The highest BCUT2D eigenvalue weighted by molar-refractivity contribution is 7.16. The first-order chi connectivity index (χ1) is 19.9. The zero-order valence-electron chi connectivity index (χ0n) is 23.3. The molecule has 0 radical (unpaired) electrons. The van der Waals surface area contributed by atoms with Crippen molar-refractivity contribution >= 4 is 40.1 Å². The van der Waals surface area contributed by atoms with Crippen molar-refractivity contribution in [2.24, 2.45) is 5.92 Å². The van der Waals surface area contributed by atoms with E-state index >= 15 is 0 Å². The first-order valence-corrected chi connectivity index (χ1v) is 14.5. The van der Waals surface area contributed by atoms with Crippen LogP contribution in [0.4, 0.5) is 16.9 Å². The Morgan fingerprint density at radius 1 is 1.10 bits per heavy atom. The lowest BCUT2D eigenvalue weighted by Gasteiger charge is -2.28. The molecule has 1 amide bonds. The van der Waals surface area contributed by atoms with Gasteiger partial charge in [0.25, 0.3) is 5.91 Å². The van der Waals surface area contributed by atoms with Crippen LogP contribution in [0.1, 0.15) is 71.1 Å². The molecule has 12 heteroatoms. The molecule has 1 aromatic carbocycles. The van der Waals surface area contributed by atoms with Crippen molar-refractivity contribution in [1.29, 1.82) is 5.26 Å². The van der Waals surface area contributed by atoms with E-state index in [0.29, 0.717) is 47.5 Å². The van der Waals surface area contributed by atoms with Gasteiger partial charge >= 0.3 is 5.97 Å². The number of esters is 1. The number of amides is 1. The SMILES string of the molecule is COC(=O)C1CCC(NC(=O)c2nc(N3CCC[C@H]3c3ccc(C)cc3)nc(Nc3ncc(C#N)s3)c2OC)CC1. The first kappa shape index (κ1) is 28.3. The average molecular weight is 576 g/mol. The molecule has 2 N–H and O–H groups in total. The molecule has 2 fully saturated rings. The Hall–Kier alpha value is -4.24. The summed E-state index contributed by atoms with van der Waals surface area (Å²) in [5.74, 6) is 0.170. The minimum Gasteiger partial charge on any atom is -0.491 e. The fourth-order valence-corrected chi connectivity index (χ4v) is 6.13. The Bertz CT molecular complexity index is 1440. The number of nitrogens with one attached hydrogen (secondary N) is 2. The maximum Gasteiger partial charge on any atom is 0.308 e. The molecule has 1 aliphatic heterocycles. The standard InChI is InChI=1S/C29H33N7O4S/c1-17-6-8-18(9-7-17)22-5-4-14-36(22)28-33-23(26(37)32-20-12-10-19(11-13-20)27(38)40-3)24(39-2)25(34-28)35-29-31-16-21(15-30)41-29/h6-9,16,19-20,22H,4-5,10-14H2,1-3H3,(H,32,37)(H,31,33,34,35)/t19?,20?,22-/m0/s1. The molecule has 41 heavy (non-hydrogen) atoms. The number of benzene rings is 1. The van der Waals surface area contributed by atoms with Crippen molar-refractivity contribution in [2.45, 2.75) is 57.5 Å². The van der Waals surface area contributed by atoms with E-state index in [1.165, 1.54) is 37.3 Å². The number of aryl methyl sites for hydroxylation is 1. The van der Waals surface area contributed by atoms with Crippen LogP contribution in [0, 0.1) is 24.2 Å². The molecular formula is C29H33N7O4S. The molecule has 1 aliphatic carbocycles. The molecule has 2 aromatic heterocycles. The molecule has 0 unspecified atom stereocenters. The number of carbonyl (C=O) groups excluding carboxylic acids is 2. The van der Waals surface area contributed by atoms with E-state index in [9.17, 15) is 14.9 Å². The number of aromatic nitrogens is 3. The first-order valence-electron chi connectivity index (χ1n) is 13.7. The van der Waals surface area contributed by atoms with Gasteiger partial charge in [0.1, 0.15) is 10.9 Å². The third kappa shape index (κ3) is 6.25. The lowest BCUT2D eigenvalue weighted by atomic mass is 9.86. The molecule has 0 bridgehead atoms. The van der Waals surface area contributed by atoms with Gasteiger partial charge in [0.2, 0.25) is 5.95 Å². The van der Waals surface area contributed by atoms with E-state index in [2.05, 4.69) is 57.8 Å². The Morgan fingerprint density at radius 3 is 2.51 bits per heavy atom. The van der Waals surface area contributed by atoms with Crippen LogP contribution < -0.4 is 20.3 Å². The number of nitrogens with zero attached hydrogens (tertiary/aromatic N) is 5. The number of rotatable bonds is 8. The van der Waals surface area contributed by atoms with Gasteiger partial charge in [0.15, 0.2) is 22.4 Å². The largest absolute Gasteiger partial charge is 0.491 e. The summed E-state index contributed by atoms with van der Waals surface area (Å²) in [5, 5.41) is 15.9. The fourth-order valence-electron chi connectivity index (χ4n) is 5.52. The summed E-state index contributed by atoms with van der Waals surface area (Å²) in [7, 11) is 2.87. The second kappa shape index (κ2) is 12.5. The van der Waals surface area contributed by atoms with Gasteiger partial charge in [-0.15, -0.1) is 0 Å². The summed E-state index contributed by atoms with van der Waals surface area (Å²) in [6.07, 6.45) is 5.99. The van der Waals surface area contributed by atoms with Gasteiger partial charge in [-0.05, 0) is 51.0 Å². The lowest BCUT2D eigenvalue weighted by molar-refractivity contribution is -0.146. The zero-order chi connectivity index (χ0) is 28.9. The van der Waals surface area contributed by atoms with Crippen LogP contribution in [-0.2, 0) is 9.53 Å². The van der Waals surface area contributed by atoms with Crippen LogP contribution in [0.3, 0.4) is 0 Å². The van der Waals surface area contributed by atoms with E-state index in [0.717, 1.165) is 24.9 Å². The molecule has 1 saturated carbocycles. The van der Waals surface area contributed by atoms with E-state index in [1.54, 1.807) is 0 Å². The number of ether oxygens (including phenoxy) is 2. The normalized spacial score (nSPS) is 20.2. The number of carbonyl (C=O) groups is 2.